The van der Waals surface area contributed by atoms with Crippen molar-refractivity contribution < 1.29 is 4.74 Å². The molecule has 0 bridgehead atoms. The third kappa shape index (κ3) is 2.10. The SMILES string of the molecule is COc1ccc(-c2ccccc2)c([SiH3])c1. The lowest BCUT2D eigenvalue weighted by atomic mass is 10.1. The molecule has 0 amide bonds. The van der Waals surface area contributed by atoms with Crippen molar-refractivity contribution in [1.29, 1.82) is 0 Å². The van der Waals surface area contributed by atoms with Gasteiger partial charge in [-0.3, -0.25) is 0 Å². The molecule has 2 aromatic rings. The summed E-state index contributed by atoms with van der Waals surface area (Å²) in [5.41, 5.74) is 2.60. The third-order valence-corrected chi connectivity index (χ3v) is 3.35. The molecule has 2 aromatic carbocycles. The van der Waals surface area contributed by atoms with Crippen LogP contribution < -0.4 is 9.92 Å². The minimum atomic E-state index is 0.944. The van der Waals surface area contributed by atoms with Gasteiger partial charge in [0, 0.05) is 10.2 Å². The van der Waals surface area contributed by atoms with Crippen LogP contribution in [0.2, 0.25) is 0 Å². The van der Waals surface area contributed by atoms with Crippen LogP contribution in [-0.2, 0) is 0 Å². The number of rotatable bonds is 2. The van der Waals surface area contributed by atoms with Crippen LogP contribution in [0.25, 0.3) is 11.1 Å². The molecule has 0 atom stereocenters. The topological polar surface area (TPSA) is 9.23 Å². The summed E-state index contributed by atoms with van der Waals surface area (Å²) in [5, 5.41) is 1.38. The summed E-state index contributed by atoms with van der Waals surface area (Å²) < 4.78 is 5.21. The highest BCUT2D eigenvalue weighted by atomic mass is 28.1. The molecule has 0 aromatic heterocycles. The first-order chi connectivity index (χ1) is 7.31. The predicted molar refractivity (Wildman–Crippen MR) is 68.0 cm³/mol. The van der Waals surface area contributed by atoms with Crippen molar-refractivity contribution in [2.75, 3.05) is 7.11 Å². The molecular weight excluding hydrogens is 200 g/mol. The van der Waals surface area contributed by atoms with E-state index in [-0.39, 0.29) is 0 Å². The van der Waals surface area contributed by atoms with Crippen molar-refractivity contribution in [2.45, 2.75) is 0 Å². The van der Waals surface area contributed by atoms with Crippen LogP contribution >= 0.6 is 0 Å². The molecule has 2 heteroatoms. The third-order valence-electron chi connectivity index (χ3n) is 2.52. The van der Waals surface area contributed by atoms with Crippen molar-refractivity contribution in [3.05, 3.63) is 48.5 Å². The fourth-order valence-electron chi connectivity index (χ4n) is 1.70. The normalized spacial score (nSPS) is 10.2. The minimum Gasteiger partial charge on any atom is -0.497 e. The van der Waals surface area contributed by atoms with Crippen LogP contribution in [0.5, 0.6) is 5.75 Å². The summed E-state index contributed by atoms with van der Waals surface area (Å²) in [6.45, 7) is 0. The highest BCUT2D eigenvalue weighted by Gasteiger charge is 2.01. The summed E-state index contributed by atoms with van der Waals surface area (Å²) in [4.78, 5) is 0. The molecule has 76 valence electrons. The standard InChI is InChI=1S/C13H14OSi/c1-14-11-7-8-12(13(15)9-11)10-5-3-2-4-6-10/h2-9H,1,15H3. The molecule has 0 fully saturated rings. The highest BCUT2D eigenvalue weighted by Crippen LogP contribution is 2.19. The van der Waals surface area contributed by atoms with Gasteiger partial charge in [0.05, 0.1) is 7.11 Å². The second kappa shape index (κ2) is 4.32. The van der Waals surface area contributed by atoms with E-state index >= 15 is 0 Å². The Morgan fingerprint density at radius 3 is 2.33 bits per heavy atom. The van der Waals surface area contributed by atoms with Gasteiger partial charge in [-0.15, -0.1) is 0 Å². The first-order valence-electron chi connectivity index (χ1n) is 5.01. The van der Waals surface area contributed by atoms with Crippen LogP contribution in [0, 0.1) is 0 Å². The lowest BCUT2D eigenvalue weighted by Gasteiger charge is -2.08. The van der Waals surface area contributed by atoms with Crippen LogP contribution in [0.15, 0.2) is 48.5 Å². The van der Waals surface area contributed by atoms with Gasteiger partial charge in [-0.1, -0.05) is 41.6 Å². The maximum atomic E-state index is 5.21. The first kappa shape index (κ1) is 9.99. The van der Waals surface area contributed by atoms with Gasteiger partial charge in [0.1, 0.15) is 5.75 Å². The Bertz CT molecular complexity index is 451. The number of hydrogen-bond acceptors (Lipinski definition) is 1. The fraction of sp³-hybridized carbons (Fsp3) is 0.0769. The molecule has 0 heterocycles. The number of ether oxygens (including phenoxy) is 1. The lowest BCUT2D eigenvalue weighted by Crippen LogP contribution is -2.06. The van der Waals surface area contributed by atoms with E-state index in [1.807, 2.05) is 12.1 Å². The summed E-state index contributed by atoms with van der Waals surface area (Å²) in [5.74, 6) is 0.944. The molecule has 0 aliphatic heterocycles. The molecule has 0 saturated carbocycles. The summed E-state index contributed by atoms with van der Waals surface area (Å²) in [6, 6.07) is 16.7. The molecule has 0 radical (unpaired) electrons. The molecule has 15 heavy (non-hydrogen) atoms. The fourth-order valence-corrected chi connectivity index (χ4v) is 2.44. The number of hydrogen-bond donors (Lipinski definition) is 0. The smallest absolute Gasteiger partial charge is 0.118 e. The number of benzene rings is 2. The van der Waals surface area contributed by atoms with Crippen LogP contribution in [0.4, 0.5) is 0 Å². The highest BCUT2D eigenvalue weighted by molar-refractivity contribution is 6.36. The van der Waals surface area contributed by atoms with E-state index < -0.39 is 0 Å². The molecule has 1 nitrogen and oxygen atoms in total. The maximum Gasteiger partial charge on any atom is 0.118 e. The molecular formula is C13H14OSi. The summed E-state index contributed by atoms with van der Waals surface area (Å²) in [7, 11) is 2.74. The van der Waals surface area contributed by atoms with Crippen LogP contribution in [-0.4, -0.2) is 17.4 Å². The van der Waals surface area contributed by atoms with Gasteiger partial charge < -0.3 is 4.74 Å². The second-order valence-corrected chi connectivity index (χ2v) is 4.62. The lowest BCUT2D eigenvalue weighted by molar-refractivity contribution is 0.415. The van der Waals surface area contributed by atoms with Gasteiger partial charge in [0.15, 0.2) is 0 Å². The molecule has 0 aliphatic rings. The average molecular weight is 214 g/mol. The summed E-state index contributed by atoms with van der Waals surface area (Å²) >= 11 is 0. The Morgan fingerprint density at radius 2 is 1.73 bits per heavy atom. The Morgan fingerprint density at radius 1 is 1.00 bits per heavy atom. The van der Waals surface area contributed by atoms with Crippen molar-refractivity contribution in [3.63, 3.8) is 0 Å². The zero-order valence-corrected chi connectivity index (χ0v) is 11.0. The van der Waals surface area contributed by atoms with Crippen LogP contribution in [0.1, 0.15) is 0 Å². The zero-order chi connectivity index (χ0) is 10.7. The Balaban J connectivity index is 2.46. The number of methoxy groups -OCH3 is 1. The quantitative estimate of drug-likeness (QED) is 0.686. The van der Waals surface area contributed by atoms with E-state index in [0.717, 1.165) is 16.0 Å². The van der Waals surface area contributed by atoms with E-state index in [1.165, 1.54) is 16.3 Å². The Labute approximate surface area is 93.1 Å². The van der Waals surface area contributed by atoms with E-state index in [4.69, 9.17) is 4.74 Å². The molecule has 0 N–H and O–H groups in total. The monoisotopic (exact) mass is 214 g/mol. The van der Waals surface area contributed by atoms with E-state index in [1.54, 1.807) is 7.11 Å². The van der Waals surface area contributed by atoms with Crippen molar-refractivity contribution in [2.24, 2.45) is 0 Å². The first-order valence-corrected chi connectivity index (χ1v) is 6.01. The van der Waals surface area contributed by atoms with Gasteiger partial charge in [-0.25, -0.2) is 0 Å². The molecule has 0 spiro atoms. The summed E-state index contributed by atoms with van der Waals surface area (Å²) in [6.07, 6.45) is 0. The van der Waals surface area contributed by atoms with E-state index in [0.29, 0.717) is 0 Å². The van der Waals surface area contributed by atoms with Crippen LogP contribution in [0.3, 0.4) is 0 Å². The van der Waals surface area contributed by atoms with Gasteiger partial charge in [-0.2, -0.15) is 0 Å². The van der Waals surface area contributed by atoms with Crippen molar-refractivity contribution in [3.8, 4) is 16.9 Å². The molecule has 0 unspecified atom stereocenters. The van der Waals surface area contributed by atoms with Gasteiger partial charge >= 0.3 is 0 Å². The predicted octanol–water partition coefficient (Wildman–Crippen LogP) is 1.35. The second-order valence-electron chi connectivity index (χ2n) is 3.55. The van der Waals surface area contributed by atoms with Gasteiger partial charge in [0.2, 0.25) is 0 Å². The molecule has 0 aliphatic carbocycles. The van der Waals surface area contributed by atoms with E-state index in [2.05, 4.69) is 36.4 Å². The van der Waals surface area contributed by atoms with Crippen molar-refractivity contribution in [1.82, 2.24) is 0 Å². The Hall–Kier alpha value is -1.54. The maximum absolute atomic E-state index is 5.21. The average Bonchev–Trinajstić information content (AvgIpc) is 2.30. The van der Waals surface area contributed by atoms with Gasteiger partial charge in [0.25, 0.3) is 0 Å². The Kier molecular flexibility index (Phi) is 2.88. The molecule has 2 rings (SSSR count). The minimum absolute atomic E-state index is 0.944. The van der Waals surface area contributed by atoms with E-state index in [9.17, 15) is 0 Å². The van der Waals surface area contributed by atoms with Gasteiger partial charge in [-0.05, 0) is 23.3 Å². The zero-order valence-electron chi connectivity index (χ0n) is 9.03. The molecule has 0 saturated heterocycles. The largest absolute Gasteiger partial charge is 0.497 e. The van der Waals surface area contributed by atoms with Crippen molar-refractivity contribution >= 4 is 15.4 Å².